The molecule has 1 aliphatic rings. The van der Waals surface area contributed by atoms with E-state index in [9.17, 15) is 4.79 Å². The van der Waals surface area contributed by atoms with Gasteiger partial charge >= 0.3 is 6.03 Å². The first kappa shape index (κ1) is 17.5. The van der Waals surface area contributed by atoms with E-state index in [0.717, 1.165) is 36.4 Å². The van der Waals surface area contributed by atoms with Crippen molar-refractivity contribution in [2.75, 3.05) is 45.6 Å². The molecule has 0 bridgehead atoms. The van der Waals surface area contributed by atoms with Crippen LogP contribution in [0, 0.1) is 0 Å². The van der Waals surface area contributed by atoms with Crippen molar-refractivity contribution in [3.8, 4) is 11.1 Å². The lowest BCUT2D eigenvalue weighted by molar-refractivity contribution is 0.115. The van der Waals surface area contributed by atoms with E-state index >= 15 is 0 Å². The van der Waals surface area contributed by atoms with E-state index in [1.54, 1.807) is 0 Å². The Morgan fingerprint density at radius 1 is 1.04 bits per heavy atom. The third-order valence-electron chi connectivity index (χ3n) is 4.71. The molecule has 2 aromatic rings. The topological polar surface area (TPSA) is 47.6 Å². The summed E-state index contributed by atoms with van der Waals surface area (Å²) in [6, 6.07) is 18.3. The zero-order valence-corrected chi connectivity index (χ0v) is 14.9. The first-order valence-electron chi connectivity index (χ1n) is 8.71. The number of carbonyl (C=O) groups excluding carboxylic acids is 1. The van der Waals surface area contributed by atoms with Crippen LogP contribution in [0.25, 0.3) is 11.1 Å². The van der Waals surface area contributed by atoms with Gasteiger partial charge in [-0.3, -0.25) is 4.90 Å². The minimum Gasteiger partial charge on any atom is -0.336 e. The van der Waals surface area contributed by atoms with E-state index in [0.29, 0.717) is 12.6 Å². The molecule has 0 spiro atoms. The van der Waals surface area contributed by atoms with Crippen LogP contribution in [0.15, 0.2) is 54.6 Å². The molecule has 1 aliphatic heterocycles. The first-order valence-corrected chi connectivity index (χ1v) is 8.71. The summed E-state index contributed by atoms with van der Waals surface area (Å²) in [6.45, 7) is 3.72. The number of hydrogen-bond donors (Lipinski definition) is 2. The van der Waals surface area contributed by atoms with Crippen molar-refractivity contribution in [2.24, 2.45) is 0 Å². The van der Waals surface area contributed by atoms with E-state index in [-0.39, 0.29) is 6.03 Å². The number of nitrogens with zero attached hydrogens (tertiary/aromatic N) is 2. The van der Waals surface area contributed by atoms with Crippen LogP contribution < -0.4 is 10.6 Å². The predicted octanol–water partition coefficient (Wildman–Crippen LogP) is 2.72. The van der Waals surface area contributed by atoms with Gasteiger partial charge in [-0.25, -0.2) is 4.79 Å². The fraction of sp³-hybridized carbons (Fsp3) is 0.350. The predicted molar refractivity (Wildman–Crippen MR) is 103 cm³/mol. The molecule has 0 radical (unpaired) electrons. The quantitative estimate of drug-likeness (QED) is 0.901. The monoisotopic (exact) mass is 338 g/mol. The molecule has 1 fully saturated rings. The number of urea groups is 1. The summed E-state index contributed by atoms with van der Waals surface area (Å²) in [5.41, 5.74) is 3.03. The van der Waals surface area contributed by atoms with E-state index in [2.05, 4.69) is 46.7 Å². The lowest BCUT2D eigenvalue weighted by Crippen LogP contribution is -2.54. The van der Waals surface area contributed by atoms with E-state index in [1.165, 1.54) is 0 Å². The lowest BCUT2D eigenvalue weighted by Gasteiger charge is -2.37. The minimum atomic E-state index is -0.160. The Hall–Kier alpha value is -2.37. The van der Waals surface area contributed by atoms with Crippen molar-refractivity contribution in [3.63, 3.8) is 0 Å². The first-order chi connectivity index (χ1) is 12.1. The second kappa shape index (κ2) is 8.14. The maximum atomic E-state index is 12.2. The van der Waals surface area contributed by atoms with Gasteiger partial charge in [0.1, 0.15) is 0 Å². The zero-order valence-electron chi connectivity index (χ0n) is 14.9. The average molecular weight is 338 g/mol. The third kappa shape index (κ3) is 4.81. The van der Waals surface area contributed by atoms with Crippen LogP contribution in [0.5, 0.6) is 0 Å². The average Bonchev–Trinajstić information content (AvgIpc) is 2.63. The van der Waals surface area contributed by atoms with Crippen molar-refractivity contribution in [3.05, 3.63) is 54.6 Å². The Morgan fingerprint density at radius 3 is 2.60 bits per heavy atom. The second-order valence-corrected chi connectivity index (χ2v) is 6.68. The van der Waals surface area contributed by atoms with Gasteiger partial charge in [0.2, 0.25) is 0 Å². The molecular formula is C20H26N4O. The number of benzene rings is 2. The Morgan fingerprint density at radius 2 is 1.80 bits per heavy atom. The molecule has 1 atom stereocenters. The normalized spacial score (nSPS) is 18.7. The molecule has 132 valence electrons. The highest BCUT2D eigenvalue weighted by molar-refractivity contribution is 5.90. The van der Waals surface area contributed by atoms with Crippen LogP contribution in [-0.4, -0.2) is 62.1 Å². The number of likely N-dealkylation sites (N-methyl/N-ethyl adjacent to an activating group) is 2. The standard InChI is InChI=1S/C20H26N4O/c1-23-11-12-24(2)19(15-23)14-21-20(25)22-18-10-6-9-17(13-18)16-7-4-3-5-8-16/h3-10,13,19H,11-12,14-15H2,1-2H3,(H2,21,22,25). The highest BCUT2D eigenvalue weighted by Crippen LogP contribution is 2.22. The summed E-state index contributed by atoms with van der Waals surface area (Å²) in [5, 5.41) is 5.93. The Kier molecular flexibility index (Phi) is 5.68. The molecule has 5 nitrogen and oxygen atoms in total. The molecule has 25 heavy (non-hydrogen) atoms. The van der Waals surface area contributed by atoms with Gasteiger partial charge in [0.15, 0.2) is 0 Å². The van der Waals surface area contributed by atoms with E-state index in [4.69, 9.17) is 0 Å². The number of hydrogen-bond acceptors (Lipinski definition) is 3. The van der Waals surface area contributed by atoms with Crippen molar-refractivity contribution in [2.45, 2.75) is 6.04 Å². The van der Waals surface area contributed by atoms with Crippen LogP contribution in [0.4, 0.5) is 10.5 Å². The third-order valence-corrected chi connectivity index (χ3v) is 4.71. The number of rotatable bonds is 4. The molecule has 3 rings (SSSR count). The molecule has 5 heteroatoms. The summed E-state index contributed by atoms with van der Waals surface area (Å²) in [4.78, 5) is 16.8. The van der Waals surface area contributed by atoms with Crippen molar-refractivity contribution in [1.82, 2.24) is 15.1 Å². The van der Waals surface area contributed by atoms with Gasteiger partial charge in [-0.05, 0) is 37.4 Å². The summed E-state index contributed by atoms with van der Waals surface area (Å²) in [6.07, 6.45) is 0. The van der Waals surface area contributed by atoms with Crippen LogP contribution in [0.3, 0.4) is 0 Å². The van der Waals surface area contributed by atoms with Crippen LogP contribution in [0.1, 0.15) is 0 Å². The number of piperazine rings is 1. The Balaban J connectivity index is 1.56. The van der Waals surface area contributed by atoms with Crippen molar-refractivity contribution >= 4 is 11.7 Å². The van der Waals surface area contributed by atoms with Gasteiger partial charge in [-0.1, -0.05) is 42.5 Å². The Bertz CT molecular complexity index is 704. The van der Waals surface area contributed by atoms with Gasteiger partial charge in [-0.15, -0.1) is 0 Å². The van der Waals surface area contributed by atoms with Crippen LogP contribution in [0.2, 0.25) is 0 Å². The molecule has 1 saturated heterocycles. The maximum Gasteiger partial charge on any atom is 0.319 e. The number of anilines is 1. The molecule has 1 unspecified atom stereocenters. The molecule has 2 aromatic carbocycles. The fourth-order valence-electron chi connectivity index (χ4n) is 3.11. The molecule has 2 N–H and O–H groups in total. The second-order valence-electron chi connectivity index (χ2n) is 6.68. The highest BCUT2D eigenvalue weighted by Gasteiger charge is 2.22. The summed E-state index contributed by atoms with van der Waals surface area (Å²) in [7, 11) is 4.23. The molecule has 0 aliphatic carbocycles. The zero-order chi connectivity index (χ0) is 17.6. The van der Waals surface area contributed by atoms with Gasteiger partial charge in [0, 0.05) is 37.9 Å². The van der Waals surface area contributed by atoms with Gasteiger partial charge in [0.05, 0.1) is 0 Å². The van der Waals surface area contributed by atoms with Crippen molar-refractivity contribution in [1.29, 1.82) is 0 Å². The SMILES string of the molecule is CN1CCN(C)C(CNC(=O)Nc2cccc(-c3ccccc3)c2)C1. The lowest BCUT2D eigenvalue weighted by atomic mass is 10.1. The number of nitrogens with one attached hydrogen (secondary N) is 2. The molecule has 1 heterocycles. The minimum absolute atomic E-state index is 0.160. The summed E-state index contributed by atoms with van der Waals surface area (Å²) >= 11 is 0. The van der Waals surface area contributed by atoms with E-state index < -0.39 is 0 Å². The fourth-order valence-corrected chi connectivity index (χ4v) is 3.11. The largest absolute Gasteiger partial charge is 0.336 e. The molecule has 0 aromatic heterocycles. The highest BCUT2D eigenvalue weighted by atomic mass is 16.2. The summed E-state index contributed by atoms with van der Waals surface area (Å²) < 4.78 is 0. The Labute approximate surface area is 149 Å². The van der Waals surface area contributed by atoms with Gasteiger partial charge < -0.3 is 15.5 Å². The van der Waals surface area contributed by atoms with E-state index in [1.807, 2.05) is 42.5 Å². The van der Waals surface area contributed by atoms with Gasteiger partial charge in [0.25, 0.3) is 0 Å². The van der Waals surface area contributed by atoms with Crippen LogP contribution in [-0.2, 0) is 0 Å². The molecule has 0 saturated carbocycles. The maximum absolute atomic E-state index is 12.2. The van der Waals surface area contributed by atoms with Crippen LogP contribution >= 0.6 is 0 Å². The van der Waals surface area contributed by atoms with Crippen molar-refractivity contribution < 1.29 is 4.79 Å². The molecular weight excluding hydrogens is 312 g/mol. The summed E-state index contributed by atoms with van der Waals surface area (Å²) in [5.74, 6) is 0. The molecule has 2 amide bonds. The van der Waals surface area contributed by atoms with Gasteiger partial charge in [-0.2, -0.15) is 0 Å². The number of amides is 2. The number of carbonyl (C=O) groups is 1. The smallest absolute Gasteiger partial charge is 0.319 e.